The lowest BCUT2D eigenvalue weighted by molar-refractivity contribution is -0.135. The third-order valence-corrected chi connectivity index (χ3v) is 7.04. The highest BCUT2D eigenvalue weighted by Crippen LogP contribution is 2.40. The molecule has 0 spiro atoms. The summed E-state index contributed by atoms with van der Waals surface area (Å²) in [5.74, 6) is -1.35. The van der Waals surface area contributed by atoms with Gasteiger partial charge in [-0.25, -0.2) is 4.39 Å². The lowest BCUT2D eigenvalue weighted by Gasteiger charge is -2.34. The molecule has 0 bridgehead atoms. The number of nitrogens with zero attached hydrogens (tertiary/aromatic N) is 2. The van der Waals surface area contributed by atoms with Gasteiger partial charge < -0.3 is 15.1 Å². The average molecular weight is 456 g/mol. The number of rotatable bonds is 4. The maximum absolute atomic E-state index is 13.4. The Labute approximate surface area is 191 Å². The Balaban J connectivity index is 1.55. The molecule has 3 amide bonds. The average Bonchev–Trinajstić information content (AvgIpc) is 3.07. The van der Waals surface area contributed by atoms with Gasteiger partial charge in [-0.05, 0) is 55.7 Å². The number of carbonyl (C=O) groups excluding carboxylic acids is 3. The Morgan fingerprint density at radius 1 is 1.09 bits per heavy atom. The zero-order valence-electron chi connectivity index (χ0n) is 18.0. The fourth-order valence-corrected chi connectivity index (χ4v) is 5.28. The van der Waals surface area contributed by atoms with E-state index in [1.54, 1.807) is 24.0 Å². The number of nitrogens with one attached hydrogen (secondary N) is 1. The second kappa shape index (κ2) is 9.73. The normalized spacial score (nSPS) is 18.7. The van der Waals surface area contributed by atoms with Gasteiger partial charge in [0.15, 0.2) is 5.25 Å². The van der Waals surface area contributed by atoms with Crippen molar-refractivity contribution in [2.75, 3.05) is 29.9 Å². The van der Waals surface area contributed by atoms with Crippen molar-refractivity contribution in [1.82, 2.24) is 4.90 Å². The Morgan fingerprint density at radius 3 is 2.53 bits per heavy atom. The molecule has 1 saturated heterocycles. The van der Waals surface area contributed by atoms with Gasteiger partial charge in [-0.1, -0.05) is 25.0 Å². The number of aryl methyl sites for hydroxylation is 1. The van der Waals surface area contributed by atoms with Gasteiger partial charge in [-0.15, -0.1) is 11.8 Å². The van der Waals surface area contributed by atoms with Gasteiger partial charge in [0.05, 0.1) is 5.69 Å². The molecule has 8 heteroatoms. The molecule has 2 aliphatic heterocycles. The summed E-state index contributed by atoms with van der Waals surface area (Å²) >= 11 is 1.26. The number of anilines is 2. The van der Waals surface area contributed by atoms with Gasteiger partial charge in [0.25, 0.3) is 5.91 Å². The molecule has 32 heavy (non-hydrogen) atoms. The zero-order chi connectivity index (χ0) is 22.7. The van der Waals surface area contributed by atoms with Crippen LogP contribution in [0.3, 0.4) is 0 Å². The molecule has 2 aromatic carbocycles. The SMILES string of the molecule is Cc1cc(F)ccc1NC(=O)CN1C(=O)[C@@H](C(=O)N2CCCCCC2)Sc2ccccc21. The third kappa shape index (κ3) is 4.80. The number of fused-ring (bicyclic) bond motifs is 1. The van der Waals surface area contributed by atoms with Crippen molar-refractivity contribution < 1.29 is 18.8 Å². The number of hydrogen-bond donors (Lipinski definition) is 1. The number of hydrogen-bond acceptors (Lipinski definition) is 4. The second-order valence-electron chi connectivity index (χ2n) is 8.14. The van der Waals surface area contributed by atoms with Crippen LogP contribution in [-0.2, 0) is 14.4 Å². The number of likely N-dealkylation sites (tertiary alicyclic amines) is 1. The Bertz CT molecular complexity index is 1040. The maximum Gasteiger partial charge on any atom is 0.250 e. The molecule has 0 unspecified atom stereocenters. The van der Waals surface area contributed by atoms with Gasteiger partial charge in [-0.2, -0.15) is 0 Å². The topological polar surface area (TPSA) is 69.7 Å². The van der Waals surface area contributed by atoms with Gasteiger partial charge in [0.2, 0.25) is 11.8 Å². The van der Waals surface area contributed by atoms with Crippen molar-refractivity contribution in [3.63, 3.8) is 0 Å². The van der Waals surface area contributed by atoms with E-state index in [1.807, 2.05) is 12.1 Å². The van der Waals surface area contributed by atoms with E-state index in [-0.39, 0.29) is 24.2 Å². The summed E-state index contributed by atoms with van der Waals surface area (Å²) in [6.07, 6.45) is 4.06. The molecule has 2 aliphatic rings. The number of carbonyl (C=O) groups is 3. The monoisotopic (exact) mass is 455 g/mol. The fraction of sp³-hybridized carbons (Fsp3) is 0.375. The Kier molecular flexibility index (Phi) is 6.79. The molecular weight excluding hydrogens is 429 g/mol. The van der Waals surface area contributed by atoms with Gasteiger partial charge >= 0.3 is 0 Å². The fourth-order valence-electron chi connectivity index (χ4n) is 4.09. The molecule has 0 aliphatic carbocycles. The molecule has 2 aromatic rings. The standard InChI is InChI=1S/C24H26FN3O3S/c1-16-14-17(25)10-11-18(16)26-21(29)15-28-19-8-4-5-9-20(19)32-22(24(28)31)23(30)27-12-6-2-3-7-13-27/h4-5,8-11,14,22H,2-3,6-7,12-13,15H2,1H3,(H,26,29)/t22-/m1/s1. The minimum Gasteiger partial charge on any atom is -0.341 e. The summed E-state index contributed by atoms with van der Waals surface area (Å²) < 4.78 is 13.4. The van der Waals surface area contributed by atoms with Crippen LogP contribution < -0.4 is 10.2 Å². The first-order valence-corrected chi connectivity index (χ1v) is 11.7. The van der Waals surface area contributed by atoms with E-state index in [1.165, 1.54) is 34.9 Å². The van der Waals surface area contributed by atoms with E-state index in [0.29, 0.717) is 30.0 Å². The molecule has 0 saturated carbocycles. The van der Waals surface area contributed by atoms with E-state index in [2.05, 4.69) is 5.32 Å². The van der Waals surface area contributed by atoms with E-state index in [4.69, 9.17) is 0 Å². The predicted molar refractivity (Wildman–Crippen MR) is 123 cm³/mol. The number of amides is 3. The molecule has 168 valence electrons. The van der Waals surface area contributed by atoms with E-state index >= 15 is 0 Å². The molecule has 2 heterocycles. The molecule has 1 atom stereocenters. The van der Waals surface area contributed by atoms with Crippen LogP contribution >= 0.6 is 11.8 Å². The predicted octanol–water partition coefficient (Wildman–Crippen LogP) is 3.98. The minimum absolute atomic E-state index is 0.184. The largest absolute Gasteiger partial charge is 0.341 e. The molecular formula is C24H26FN3O3S. The van der Waals surface area contributed by atoms with Crippen LogP contribution in [0, 0.1) is 12.7 Å². The van der Waals surface area contributed by atoms with Crippen molar-refractivity contribution in [3.8, 4) is 0 Å². The van der Waals surface area contributed by atoms with Crippen LogP contribution in [0.25, 0.3) is 0 Å². The molecule has 1 N–H and O–H groups in total. The van der Waals surface area contributed by atoms with Crippen LogP contribution in [0.15, 0.2) is 47.4 Å². The maximum atomic E-state index is 13.4. The molecule has 0 aromatic heterocycles. The first-order chi connectivity index (χ1) is 15.4. The van der Waals surface area contributed by atoms with Crippen LogP contribution in [0.1, 0.15) is 31.2 Å². The molecule has 0 radical (unpaired) electrons. The quantitative estimate of drug-likeness (QED) is 0.708. The van der Waals surface area contributed by atoms with Crippen molar-refractivity contribution in [3.05, 3.63) is 53.8 Å². The van der Waals surface area contributed by atoms with Gasteiger partial charge in [0, 0.05) is 23.7 Å². The van der Waals surface area contributed by atoms with Gasteiger partial charge in [0.1, 0.15) is 12.4 Å². The second-order valence-corrected chi connectivity index (χ2v) is 9.28. The van der Waals surface area contributed by atoms with Crippen molar-refractivity contribution in [2.24, 2.45) is 0 Å². The van der Waals surface area contributed by atoms with E-state index in [9.17, 15) is 18.8 Å². The first-order valence-electron chi connectivity index (χ1n) is 10.9. The minimum atomic E-state index is -0.900. The zero-order valence-corrected chi connectivity index (χ0v) is 18.8. The van der Waals surface area contributed by atoms with Gasteiger partial charge in [-0.3, -0.25) is 14.4 Å². The summed E-state index contributed by atoms with van der Waals surface area (Å²) in [4.78, 5) is 43.4. The lowest BCUT2D eigenvalue weighted by atomic mass is 10.2. The highest BCUT2D eigenvalue weighted by Gasteiger charge is 2.40. The summed E-state index contributed by atoms with van der Waals surface area (Å²) in [5, 5.41) is 1.85. The van der Waals surface area contributed by atoms with Crippen LogP contribution in [0.4, 0.5) is 15.8 Å². The third-order valence-electron chi connectivity index (χ3n) is 5.80. The summed E-state index contributed by atoms with van der Waals surface area (Å²) in [7, 11) is 0. The van der Waals surface area contributed by atoms with Crippen LogP contribution in [-0.4, -0.2) is 47.5 Å². The van der Waals surface area contributed by atoms with Crippen LogP contribution in [0.2, 0.25) is 0 Å². The number of para-hydroxylation sites is 1. The Morgan fingerprint density at radius 2 is 1.81 bits per heavy atom. The van der Waals surface area contributed by atoms with Crippen molar-refractivity contribution in [2.45, 2.75) is 42.8 Å². The number of thioether (sulfide) groups is 1. The molecule has 6 nitrogen and oxygen atoms in total. The summed E-state index contributed by atoms with van der Waals surface area (Å²) in [5.41, 5.74) is 1.70. The molecule has 4 rings (SSSR count). The van der Waals surface area contributed by atoms with Crippen LogP contribution in [0.5, 0.6) is 0 Å². The Hall–Kier alpha value is -2.87. The van der Waals surface area contributed by atoms with E-state index < -0.39 is 11.2 Å². The number of halogens is 1. The number of benzene rings is 2. The summed E-state index contributed by atoms with van der Waals surface area (Å²) in [6.45, 7) is 2.80. The smallest absolute Gasteiger partial charge is 0.250 e. The first kappa shape index (κ1) is 22.3. The van der Waals surface area contributed by atoms with Crippen molar-refractivity contribution in [1.29, 1.82) is 0 Å². The lowest BCUT2D eigenvalue weighted by Crippen LogP contribution is -2.51. The van der Waals surface area contributed by atoms with E-state index in [0.717, 1.165) is 30.6 Å². The molecule has 1 fully saturated rings. The highest BCUT2D eigenvalue weighted by atomic mass is 32.2. The summed E-state index contributed by atoms with van der Waals surface area (Å²) in [6, 6.07) is 11.4. The van der Waals surface area contributed by atoms with Crippen molar-refractivity contribution >= 4 is 40.9 Å². The highest BCUT2D eigenvalue weighted by molar-refractivity contribution is 8.01.